The number of aromatic nitrogens is 1. The molecule has 5 nitrogen and oxygen atoms in total. The minimum atomic E-state index is 0.648. The molecule has 146 valence electrons. The molecule has 5 heteroatoms. The van der Waals surface area contributed by atoms with Crippen molar-refractivity contribution >= 4 is 0 Å². The maximum atomic E-state index is 6.05. The Balaban J connectivity index is 1.41. The van der Waals surface area contributed by atoms with Gasteiger partial charge in [0.25, 0.3) is 0 Å². The highest BCUT2D eigenvalue weighted by Gasteiger charge is 2.20. The quantitative estimate of drug-likeness (QED) is 0.751. The molecule has 0 bridgehead atoms. The Morgan fingerprint density at radius 1 is 1.21 bits per heavy atom. The number of morpholine rings is 1. The van der Waals surface area contributed by atoms with Gasteiger partial charge in [-0.25, -0.2) is 0 Å². The summed E-state index contributed by atoms with van der Waals surface area (Å²) in [5.74, 6) is 8.24. The second kappa shape index (κ2) is 9.70. The average Bonchev–Trinajstić information content (AvgIpc) is 3.57. The maximum Gasteiger partial charge on any atom is 0.145 e. The van der Waals surface area contributed by atoms with Crippen LogP contribution in [0.3, 0.4) is 0 Å². The fourth-order valence-electron chi connectivity index (χ4n) is 3.17. The zero-order valence-electron chi connectivity index (χ0n) is 16.2. The van der Waals surface area contributed by atoms with Gasteiger partial charge in [0.2, 0.25) is 0 Å². The van der Waals surface area contributed by atoms with E-state index in [9.17, 15) is 0 Å². The highest BCUT2D eigenvalue weighted by atomic mass is 16.5. The minimum absolute atomic E-state index is 0.648. The molecule has 28 heavy (non-hydrogen) atoms. The smallest absolute Gasteiger partial charge is 0.145 e. The van der Waals surface area contributed by atoms with Crippen molar-refractivity contribution in [2.24, 2.45) is 0 Å². The third-order valence-electron chi connectivity index (χ3n) is 4.97. The van der Waals surface area contributed by atoms with Gasteiger partial charge in [-0.15, -0.1) is 0 Å². The second-order valence-corrected chi connectivity index (χ2v) is 7.27. The molecule has 0 spiro atoms. The van der Waals surface area contributed by atoms with Gasteiger partial charge in [0, 0.05) is 56.0 Å². The van der Waals surface area contributed by atoms with Crippen LogP contribution in [0.5, 0.6) is 11.5 Å². The highest BCUT2D eigenvalue weighted by molar-refractivity contribution is 5.45. The lowest BCUT2D eigenvalue weighted by molar-refractivity contribution is 0.0390. The SMILES string of the molecule is C(#Cc1ccc(Oc2cccnc2)c(CNC2CC2)c1)CCN1CCOCC1. The topological polar surface area (TPSA) is 46.6 Å². The first kappa shape index (κ1) is 18.9. The van der Waals surface area contributed by atoms with Crippen LogP contribution >= 0.6 is 0 Å². The van der Waals surface area contributed by atoms with E-state index in [0.29, 0.717) is 6.04 Å². The average molecular weight is 377 g/mol. The van der Waals surface area contributed by atoms with Gasteiger partial charge in [-0.3, -0.25) is 9.88 Å². The summed E-state index contributed by atoms with van der Waals surface area (Å²) < 4.78 is 11.4. The molecule has 1 aliphatic carbocycles. The number of hydrogen-bond acceptors (Lipinski definition) is 5. The number of nitrogens with zero attached hydrogens (tertiary/aromatic N) is 2. The highest BCUT2D eigenvalue weighted by Crippen LogP contribution is 2.27. The van der Waals surface area contributed by atoms with E-state index in [-0.39, 0.29) is 0 Å². The van der Waals surface area contributed by atoms with Crippen LogP contribution in [0.25, 0.3) is 0 Å². The van der Waals surface area contributed by atoms with Crippen LogP contribution < -0.4 is 10.1 Å². The van der Waals surface area contributed by atoms with Gasteiger partial charge in [0.15, 0.2) is 0 Å². The first-order chi connectivity index (χ1) is 13.9. The second-order valence-electron chi connectivity index (χ2n) is 7.27. The van der Waals surface area contributed by atoms with E-state index in [1.54, 1.807) is 12.4 Å². The van der Waals surface area contributed by atoms with E-state index in [0.717, 1.165) is 68.4 Å². The van der Waals surface area contributed by atoms with E-state index in [1.807, 2.05) is 24.3 Å². The van der Waals surface area contributed by atoms with E-state index in [4.69, 9.17) is 9.47 Å². The van der Waals surface area contributed by atoms with Crippen molar-refractivity contribution in [1.82, 2.24) is 15.2 Å². The zero-order chi connectivity index (χ0) is 19.0. The molecule has 2 heterocycles. The molecule has 1 saturated carbocycles. The Morgan fingerprint density at radius 3 is 2.89 bits per heavy atom. The molecule has 1 N–H and O–H groups in total. The summed E-state index contributed by atoms with van der Waals surface area (Å²) in [6.45, 7) is 5.50. The lowest BCUT2D eigenvalue weighted by atomic mass is 10.1. The molecule has 2 aliphatic rings. The van der Waals surface area contributed by atoms with Gasteiger partial charge >= 0.3 is 0 Å². The van der Waals surface area contributed by atoms with Crippen molar-refractivity contribution in [3.8, 4) is 23.3 Å². The first-order valence-corrected chi connectivity index (χ1v) is 10.1. The number of hydrogen-bond donors (Lipinski definition) is 1. The number of nitrogens with one attached hydrogen (secondary N) is 1. The predicted molar refractivity (Wildman–Crippen MR) is 109 cm³/mol. The molecule has 4 rings (SSSR count). The summed E-state index contributed by atoms with van der Waals surface area (Å²) in [7, 11) is 0. The molecule has 1 aromatic heterocycles. The van der Waals surface area contributed by atoms with Crippen LogP contribution in [-0.4, -0.2) is 48.8 Å². The molecule has 0 amide bonds. The Bertz CT molecular complexity index is 819. The molecule has 0 radical (unpaired) electrons. The van der Waals surface area contributed by atoms with Crippen molar-refractivity contribution in [2.75, 3.05) is 32.8 Å². The minimum Gasteiger partial charge on any atom is -0.455 e. The van der Waals surface area contributed by atoms with Gasteiger partial charge in [-0.1, -0.05) is 11.8 Å². The lowest BCUT2D eigenvalue weighted by Gasteiger charge is -2.25. The van der Waals surface area contributed by atoms with Crippen LogP contribution in [0.1, 0.15) is 30.4 Å². The number of benzene rings is 1. The van der Waals surface area contributed by atoms with Crippen molar-refractivity contribution < 1.29 is 9.47 Å². The van der Waals surface area contributed by atoms with Crippen LogP contribution in [-0.2, 0) is 11.3 Å². The van der Waals surface area contributed by atoms with E-state index in [1.165, 1.54) is 12.8 Å². The summed E-state index contributed by atoms with van der Waals surface area (Å²) in [6, 6.07) is 10.6. The van der Waals surface area contributed by atoms with Crippen molar-refractivity contribution in [1.29, 1.82) is 0 Å². The summed E-state index contributed by atoms with van der Waals surface area (Å²) in [5.41, 5.74) is 2.17. The molecule has 1 aromatic carbocycles. The number of rotatable bonds is 7. The summed E-state index contributed by atoms with van der Waals surface area (Å²) >= 11 is 0. The van der Waals surface area contributed by atoms with E-state index >= 15 is 0 Å². The molecule has 1 aliphatic heterocycles. The van der Waals surface area contributed by atoms with Gasteiger partial charge < -0.3 is 14.8 Å². The van der Waals surface area contributed by atoms with E-state index in [2.05, 4.69) is 33.1 Å². The monoisotopic (exact) mass is 377 g/mol. The molecular formula is C23H27N3O2. The Labute approximate surface area is 167 Å². The largest absolute Gasteiger partial charge is 0.455 e. The molecule has 0 unspecified atom stereocenters. The van der Waals surface area contributed by atoms with Gasteiger partial charge in [0.1, 0.15) is 11.5 Å². The third-order valence-corrected chi connectivity index (χ3v) is 4.97. The summed E-state index contributed by atoms with van der Waals surface area (Å²) in [4.78, 5) is 6.54. The van der Waals surface area contributed by atoms with Gasteiger partial charge in [-0.05, 0) is 43.2 Å². The Kier molecular flexibility index (Phi) is 6.56. The lowest BCUT2D eigenvalue weighted by Crippen LogP contribution is -2.36. The molecule has 2 aromatic rings. The van der Waals surface area contributed by atoms with Crippen LogP contribution in [0.15, 0.2) is 42.7 Å². The van der Waals surface area contributed by atoms with Crippen LogP contribution in [0.4, 0.5) is 0 Å². The first-order valence-electron chi connectivity index (χ1n) is 10.1. The summed E-state index contributed by atoms with van der Waals surface area (Å²) in [6.07, 6.45) is 6.89. The molecule has 2 fully saturated rings. The van der Waals surface area contributed by atoms with Crippen molar-refractivity contribution in [3.05, 3.63) is 53.9 Å². The Morgan fingerprint density at radius 2 is 2.11 bits per heavy atom. The van der Waals surface area contributed by atoms with E-state index < -0.39 is 0 Å². The van der Waals surface area contributed by atoms with Gasteiger partial charge in [-0.2, -0.15) is 0 Å². The van der Waals surface area contributed by atoms with Gasteiger partial charge in [0.05, 0.1) is 19.4 Å². The zero-order valence-corrected chi connectivity index (χ0v) is 16.2. The fraction of sp³-hybridized carbons (Fsp3) is 0.435. The maximum absolute atomic E-state index is 6.05. The summed E-state index contributed by atoms with van der Waals surface area (Å²) in [5, 5.41) is 3.57. The normalized spacial score (nSPS) is 17.0. The molecular weight excluding hydrogens is 350 g/mol. The standard InChI is InChI=1S/C23H27N3O2/c1(2-11-26-12-14-27-15-13-26)4-19-6-9-23(28-22-5-3-10-24-18-22)20(16-19)17-25-21-7-8-21/h3,5-6,9-10,16,18,21,25H,2,7-8,11-15,17H2. The number of pyridine rings is 1. The Hall–Kier alpha value is -2.39. The third kappa shape index (κ3) is 5.80. The molecule has 0 atom stereocenters. The van der Waals surface area contributed by atoms with Crippen LogP contribution in [0.2, 0.25) is 0 Å². The van der Waals surface area contributed by atoms with Crippen molar-refractivity contribution in [2.45, 2.75) is 31.8 Å². The van der Waals surface area contributed by atoms with Crippen LogP contribution in [0, 0.1) is 11.8 Å². The number of ether oxygens (including phenoxy) is 2. The van der Waals surface area contributed by atoms with Crippen molar-refractivity contribution in [3.63, 3.8) is 0 Å². The molecule has 1 saturated heterocycles. The fourth-order valence-corrected chi connectivity index (χ4v) is 3.17. The predicted octanol–water partition coefficient (Wildman–Crippen LogP) is 3.20.